The molecule has 0 aliphatic carbocycles. The number of anilines is 1. The van der Waals surface area contributed by atoms with E-state index in [-0.39, 0.29) is 5.82 Å². The van der Waals surface area contributed by atoms with E-state index >= 15 is 0 Å². The van der Waals surface area contributed by atoms with Gasteiger partial charge in [-0.15, -0.1) is 0 Å². The summed E-state index contributed by atoms with van der Waals surface area (Å²) in [7, 11) is 0. The molecule has 0 saturated carbocycles. The highest BCUT2D eigenvalue weighted by atomic mass is 16.1. The summed E-state index contributed by atoms with van der Waals surface area (Å²) in [5.74, 6) is 0.293. The van der Waals surface area contributed by atoms with Gasteiger partial charge >= 0.3 is 0 Å². The molecule has 1 amide bonds. The monoisotopic (exact) mass is 340 g/mol. The molecule has 1 fully saturated rings. The maximum atomic E-state index is 11.4. The molecule has 0 bridgehead atoms. The van der Waals surface area contributed by atoms with Crippen molar-refractivity contribution in [2.75, 3.05) is 18.0 Å². The lowest BCUT2D eigenvalue weighted by Crippen LogP contribution is -2.33. The van der Waals surface area contributed by atoms with Crippen LogP contribution in [-0.2, 0) is 6.54 Å². The van der Waals surface area contributed by atoms with E-state index < -0.39 is 5.91 Å². The normalized spacial score (nSPS) is 17.1. The number of hydrogen-bond donors (Lipinski definition) is 2. The van der Waals surface area contributed by atoms with Crippen LogP contribution in [0, 0.1) is 20.8 Å². The van der Waals surface area contributed by atoms with Crippen molar-refractivity contribution in [1.29, 1.82) is 0 Å². The molecule has 3 heterocycles. The number of aryl methyl sites for hydroxylation is 2. The predicted molar refractivity (Wildman–Crippen MR) is 96.5 cm³/mol. The second-order valence-electron chi connectivity index (χ2n) is 6.53. The third-order valence-corrected chi connectivity index (χ3v) is 4.59. The van der Waals surface area contributed by atoms with Crippen molar-refractivity contribution in [2.45, 2.75) is 39.8 Å². The summed E-state index contributed by atoms with van der Waals surface area (Å²) in [5.41, 5.74) is 9.20. The summed E-state index contributed by atoms with van der Waals surface area (Å²) in [5, 5.41) is 3.56. The fraction of sp³-hybridized carbons (Fsp3) is 0.444. The van der Waals surface area contributed by atoms with Crippen LogP contribution in [0.25, 0.3) is 0 Å². The zero-order valence-corrected chi connectivity index (χ0v) is 14.9. The number of rotatable bonds is 5. The average Bonchev–Trinajstić information content (AvgIpc) is 3.04. The molecule has 1 aliphatic rings. The van der Waals surface area contributed by atoms with Crippen molar-refractivity contribution in [1.82, 2.24) is 20.3 Å². The first kappa shape index (κ1) is 17.3. The van der Waals surface area contributed by atoms with Crippen molar-refractivity contribution >= 4 is 11.7 Å². The molecular weight excluding hydrogens is 316 g/mol. The van der Waals surface area contributed by atoms with Gasteiger partial charge in [-0.1, -0.05) is 6.07 Å². The zero-order chi connectivity index (χ0) is 18.0. The first-order valence-corrected chi connectivity index (χ1v) is 8.50. The van der Waals surface area contributed by atoms with E-state index in [1.807, 2.05) is 39.0 Å². The van der Waals surface area contributed by atoms with Gasteiger partial charge in [0.25, 0.3) is 5.91 Å². The van der Waals surface area contributed by atoms with Gasteiger partial charge < -0.3 is 16.0 Å². The number of nitrogens with two attached hydrogens (primary N) is 1. The molecule has 0 radical (unpaired) electrons. The molecule has 3 rings (SSSR count). The molecule has 0 aromatic carbocycles. The number of carbonyl (C=O) groups excluding carboxylic acids is 1. The summed E-state index contributed by atoms with van der Waals surface area (Å²) in [6, 6.07) is 6.41. The van der Waals surface area contributed by atoms with Gasteiger partial charge in [0.15, 0.2) is 0 Å². The van der Waals surface area contributed by atoms with Crippen molar-refractivity contribution in [3.63, 3.8) is 0 Å². The highest BCUT2D eigenvalue weighted by molar-refractivity contribution is 5.89. The molecule has 25 heavy (non-hydrogen) atoms. The number of carbonyl (C=O) groups is 1. The summed E-state index contributed by atoms with van der Waals surface area (Å²) < 4.78 is 0. The quantitative estimate of drug-likeness (QED) is 0.851. The number of pyridine rings is 1. The average molecular weight is 340 g/mol. The predicted octanol–water partition coefficient (Wildman–Crippen LogP) is 1.26. The topological polar surface area (TPSA) is 97.0 Å². The first-order valence-electron chi connectivity index (χ1n) is 8.50. The van der Waals surface area contributed by atoms with Gasteiger partial charge in [-0.2, -0.15) is 0 Å². The Morgan fingerprint density at radius 2 is 2.08 bits per heavy atom. The minimum atomic E-state index is -0.594. The van der Waals surface area contributed by atoms with Gasteiger partial charge in [0.2, 0.25) is 5.82 Å². The summed E-state index contributed by atoms with van der Waals surface area (Å²) in [4.78, 5) is 26.7. The zero-order valence-electron chi connectivity index (χ0n) is 14.9. The summed E-state index contributed by atoms with van der Waals surface area (Å²) in [6.07, 6.45) is 1.01. The molecule has 7 nitrogen and oxygen atoms in total. The molecule has 2 aromatic heterocycles. The lowest BCUT2D eigenvalue weighted by molar-refractivity contribution is 0.0990. The van der Waals surface area contributed by atoms with E-state index in [2.05, 4.69) is 25.2 Å². The molecule has 7 heteroatoms. The molecular formula is C18H24N6O. The molecule has 1 aliphatic heterocycles. The van der Waals surface area contributed by atoms with E-state index in [4.69, 9.17) is 5.73 Å². The van der Waals surface area contributed by atoms with E-state index in [1.54, 1.807) is 0 Å². The second-order valence-corrected chi connectivity index (χ2v) is 6.53. The number of primary amides is 1. The Morgan fingerprint density at radius 3 is 2.80 bits per heavy atom. The Balaban J connectivity index is 1.67. The van der Waals surface area contributed by atoms with Gasteiger partial charge in [-0.25, -0.2) is 9.97 Å². The number of hydrogen-bond acceptors (Lipinski definition) is 6. The van der Waals surface area contributed by atoms with Crippen LogP contribution in [0.3, 0.4) is 0 Å². The third-order valence-electron chi connectivity index (χ3n) is 4.59. The van der Waals surface area contributed by atoms with Crippen molar-refractivity contribution in [2.24, 2.45) is 5.73 Å². The highest BCUT2D eigenvalue weighted by Crippen LogP contribution is 2.24. The van der Waals surface area contributed by atoms with Crippen LogP contribution >= 0.6 is 0 Å². The Morgan fingerprint density at radius 1 is 1.28 bits per heavy atom. The van der Waals surface area contributed by atoms with Crippen LogP contribution in [0.5, 0.6) is 0 Å². The van der Waals surface area contributed by atoms with Gasteiger partial charge in [0.1, 0.15) is 5.82 Å². The lowest BCUT2D eigenvalue weighted by atomic mass is 10.2. The van der Waals surface area contributed by atoms with E-state index in [0.717, 1.165) is 54.5 Å². The molecule has 0 unspecified atom stereocenters. The smallest absolute Gasteiger partial charge is 0.286 e. The van der Waals surface area contributed by atoms with E-state index in [9.17, 15) is 4.79 Å². The van der Waals surface area contributed by atoms with Crippen LogP contribution in [0.1, 0.15) is 39.7 Å². The van der Waals surface area contributed by atoms with E-state index in [1.165, 1.54) is 0 Å². The minimum Gasteiger partial charge on any atom is -0.363 e. The van der Waals surface area contributed by atoms with Crippen LogP contribution < -0.4 is 16.0 Å². The van der Waals surface area contributed by atoms with Gasteiger partial charge in [0.05, 0.1) is 5.69 Å². The van der Waals surface area contributed by atoms with Crippen LogP contribution in [0.15, 0.2) is 18.2 Å². The van der Waals surface area contributed by atoms with Crippen molar-refractivity contribution < 1.29 is 4.79 Å². The maximum absolute atomic E-state index is 11.4. The van der Waals surface area contributed by atoms with E-state index in [0.29, 0.717) is 6.04 Å². The van der Waals surface area contributed by atoms with Crippen molar-refractivity contribution in [3.05, 3.63) is 46.7 Å². The Labute approximate surface area is 147 Å². The summed E-state index contributed by atoms with van der Waals surface area (Å²) >= 11 is 0. The first-order chi connectivity index (χ1) is 11.9. The lowest BCUT2D eigenvalue weighted by Gasteiger charge is -2.21. The molecule has 1 atom stereocenters. The Kier molecular flexibility index (Phi) is 4.94. The van der Waals surface area contributed by atoms with Crippen LogP contribution in [-0.4, -0.2) is 40.0 Å². The molecule has 3 N–H and O–H groups in total. The fourth-order valence-corrected chi connectivity index (χ4v) is 3.10. The van der Waals surface area contributed by atoms with Gasteiger partial charge in [0, 0.05) is 42.6 Å². The second kappa shape index (κ2) is 7.14. The van der Waals surface area contributed by atoms with Crippen LogP contribution in [0.4, 0.5) is 5.82 Å². The fourth-order valence-electron chi connectivity index (χ4n) is 3.10. The Bertz CT molecular complexity index is 791. The molecule has 0 spiro atoms. The molecule has 132 valence electrons. The third kappa shape index (κ3) is 3.93. The highest BCUT2D eigenvalue weighted by Gasteiger charge is 2.26. The summed E-state index contributed by atoms with van der Waals surface area (Å²) in [6.45, 7) is 8.32. The van der Waals surface area contributed by atoms with Crippen molar-refractivity contribution in [3.8, 4) is 0 Å². The number of nitrogens with zero attached hydrogens (tertiary/aromatic N) is 4. The van der Waals surface area contributed by atoms with Gasteiger partial charge in [-0.3, -0.25) is 9.78 Å². The van der Waals surface area contributed by atoms with Crippen LogP contribution in [0.2, 0.25) is 0 Å². The number of aromatic nitrogens is 3. The molecule has 1 saturated heterocycles. The van der Waals surface area contributed by atoms with Gasteiger partial charge in [-0.05, 0) is 39.3 Å². The standard InChI is InChI=1S/C18H24N6O/c1-11-5-4-6-14(21-11)9-20-15-7-8-24(10-15)18-12(2)13(3)22-17(23-18)16(19)25/h4-6,15,20H,7-10H2,1-3H3,(H2,19,25)/t15-/m1/s1. The number of nitrogens with one attached hydrogen (secondary N) is 1. The molecule has 2 aromatic rings. The largest absolute Gasteiger partial charge is 0.363 e. The maximum Gasteiger partial charge on any atom is 0.286 e. The minimum absolute atomic E-state index is 0.0819. The SMILES string of the molecule is Cc1cccc(CN[C@@H]2CCN(c3nc(C(N)=O)nc(C)c3C)C2)n1. The Hall–Kier alpha value is -2.54. The number of amides is 1.